The maximum absolute atomic E-state index is 12.8. The number of nitrogens with one attached hydrogen (secondary N) is 2. The van der Waals surface area contributed by atoms with Crippen LogP contribution in [0.2, 0.25) is 0 Å². The molecule has 3 atom stereocenters. The zero-order valence-electron chi connectivity index (χ0n) is 11.4. The Bertz CT molecular complexity index is 555. The van der Waals surface area contributed by atoms with E-state index in [0.717, 1.165) is 35.6 Å². The third kappa shape index (κ3) is 2.95. The zero-order chi connectivity index (χ0) is 14.0. The average molecular weight is 278 g/mol. The van der Waals surface area contributed by atoms with Gasteiger partial charge in [-0.05, 0) is 37.1 Å². The van der Waals surface area contributed by atoms with Gasteiger partial charge in [0.15, 0.2) is 0 Å². The highest BCUT2D eigenvalue weighted by Crippen LogP contribution is 2.43. The van der Waals surface area contributed by atoms with Crippen LogP contribution < -0.4 is 10.0 Å². The van der Waals surface area contributed by atoms with Gasteiger partial charge in [-0.15, -0.1) is 6.58 Å². The molecule has 2 aliphatic rings. The standard InChI is InChI=1S/C15H22N2OS/c1-5-12-10-13(12)11(2)17-19(4,18)15-9-7-6-8-14(15)16-3/h5-6,8,12-13,16H,1-2,4,7,9-10H2,3H3,(H,17,18). The summed E-state index contributed by atoms with van der Waals surface area (Å²) in [5.74, 6) is 4.72. The Morgan fingerprint density at radius 2 is 2.32 bits per heavy atom. The van der Waals surface area contributed by atoms with Crippen molar-refractivity contribution in [1.82, 2.24) is 10.0 Å². The summed E-state index contributed by atoms with van der Waals surface area (Å²) >= 11 is 0. The third-order valence-electron chi connectivity index (χ3n) is 3.68. The quantitative estimate of drug-likeness (QED) is 0.578. The van der Waals surface area contributed by atoms with Crippen LogP contribution in [0, 0.1) is 11.8 Å². The molecule has 0 spiro atoms. The van der Waals surface area contributed by atoms with Crippen LogP contribution in [0.1, 0.15) is 19.3 Å². The van der Waals surface area contributed by atoms with Crippen LogP contribution in [-0.2, 0) is 9.71 Å². The van der Waals surface area contributed by atoms with Crippen molar-refractivity contribution in [3.8, 4) is 0 Å². The normalized spacial score (nSPS) is 28.5. The maximum Gasteiger partial charge on any atom is 0.0717 e. The molecule has 1 saturated carbocycles. The van der Waals surface area contributed by atoms with Crippen LogP contribution in [0.5, 0.6) is 0 Å². The molecule has 2 N–H and O–H groups in total. The molecule has 0 aromatic heterocycles. The largest absolute Gasteiger partial charge is 0.387 e. The molecule has 0 aromatic carbocycles. The van der Waals surface area contributed by atoms with Crippen molar-refractivity contribution in [2.75, 3.05) is 7.05 Å². The molecule has 0 heterocycles. The first-order valence-electron chi connectivity index (χ1n) is 6.53. The van der Waals surface area contributed by atoms with Crippen molar-refractivity contribution in [2.45, 2.75) is 19.3 Å². The van der Waals surface area contributed by atoms with Crippen LogP contribution in [0.3, 0.4) is 0 Å². The molecule has 3 nitrogen and oxygen atoms in total. The molecule has 0 saturated heterocycles. The molecule has 1 fully saturated rings. The van der Waals surface area contributed by atoms with E-state index in [4.69, 9.17) is 0 Å². The maximum atomic E-state index is 12.8. The van der Waals surface area contributed by atoms with Crippen LogP contribution in [0.15, 0.2) is 47.7 Å². The summed E-state index contributed by atoms with van der Waals surface area (Å²) in [5.41, 5.74) is 1.73. The van der Waals surface area contributed by atoms with E-state index in [1.54, 1.807) is 0 Å². The first kappa shape index (κ1) is 14.0. The van der Waals surface area contributed by atoms with Gasteiger partial charge in [-0.1, -0.05) is 18.7 Å². The van der Waals surface area contributed by atoms with E-state index >= 15 is 0 Å². The van der Waals surface area contributed by atoms with E-state index in [1.165, 1.54) is 0 Å². The van der Waals surface area contributed by atoms with Crippen molar-refractivity contribution in [3.63, 3.8) is 0 Å². The minimum Gasteiger partial charge on any atom is -0.387 e. The molecule has 0 amide bonds. The average Bonchev–Trinajstić information content (AvgIpc) is 3.17. The lowest BCUT2D eigenvalue weighted by atomic mass is 10.1. The molecule has 2 aliphatic carbocycles. The highest BCUT2D eigenvalue weighted by molar-refractivity contribution is 8.02. The number of allylic oxidation sites excluding steroid dienone is 5. The molecule has 0 radical (unpaired) electrons. The van der Waals surface area contributed by atoms with Crippen molar-refractivity contribution in [3.05, 3.63) is 47.7 Å². The second-order valence-electron chi connectivity index (χ2n) is 5.07. The molecule has 4 heteroatoms. The van der Waals surface area contributed by atoms with E-state index in [0.29, 0.717) is 11.8 Å². The van der Waals surface area contributed by atoms with Gasteiger partial charge in [-0.2, -0.15) is 0 Å². The second-order valence-corrected chi connectivity index (χ2v) is 7.12. The van der Waals surface area contributed by atoms with Crippen molar-refractivity contribution >= 4 is 15.6 Å². The number of hydrogen-bond donors (Lipinski definition) is 2. The van der Waals surface area contributed by atoms with Gasteiger partial charge in [-0.25, -0.2) is 4.21 Å². The van der Waals surface area contributed by atoms with Crippen LogP contribution in [-0.4, -0.2) is 17.1 Å². The number of hydrogen-bond acceptors (Lipinski definition) is 2. The molecule has 2 rings (SSSR count). The fourth-order valence-electron chi connectivity index (χ4n) is 2.43. The van der Waals surface area contributed by atoms with Crippen LogP contribution in [0.25, 0.3) is 0 Å². The third-order valence-corrected chi connectivity index (χ3v) is 5.49. The molecule has 3 unspecified atom stereocenters. The van der Waals surface area contributed by atoms with E-state index in [2.05, 4.69) is 35.1 Å². The van der Waals surface area contributed by atoms with E-state index in [9.17, 15) is 4.21 Å². The van der Waals surface area contributed by atoms with Gasteiger partial charge in [0.2, 0.25) is 0 Å². The number of likely N-dealkylation sites (N-methyl/N-ethyl adjacent to an activating group) is 1. The van der Waals surface area contributed by atoms with Gasteiger partial charge in [0.25, 0.3) is 0 Å². The second kappa shape index (κ2) is 5.29. The lowest BCUT2D eigenvalue weighted by Gasteiger charge is -2.22. The predicted octanol–water partition coefficient (Wildman–Crippen LogP) is 2.32. The molecular weight excluding hydrogens is 256 g/mol. The summed E-state index contributed by atoms with van der Waals surface area (Å²) < 4.78 is 15.9. The highest BCUT2D eigenvalue weighted by atomic mass is 32.2. The topological polar surface area (TPSA) is 41.1 Å². The Kier molecular flexibility index (Phi) is 3.90. The lowest BCUT2D eigenvalue weighted by molar-refractivity contribution is 0.674. The minimum absolute atomic E-state index is 0.359. The van der Waals surface area contributed by atoms with Crippen LogP contribution >= 0.6 is 0 Å². The summed E-state index contributed by atoms with van der Waals surface area (Å²) in [4.78, 5) is 0.856. The van der Waals surface area contributed by atoms with Gasteiger partial charge < -0.3 is 10.0 Å². The Balaban J connectivity index is 2.14. The SMILES string of the molecule is C=CC1CC1C(=C)NS(=C)(=O)C1=C(NC)C=CCC1. The van der Waals surface area contributed by atoms with Crippen LogP contribution in [0.4, 0.5) is 0 Å². The first-order chi connectivity index (χ1) is 8.99. The fourth-order valence-corrected chi connectivity index (χ4v) is 4.10. The van der Waals surface area contributed by atoms with Gasteiger partial charge in [-0.3, -0.25) is 0 Å². The highest BCUT2D eigenvalue weighted by Gasteiger charge is 2.37. The van der Waals surface area contributed by atoms with Crippen molar-refractivity contribution < 1.29 is 4.21 Å². The van der Waals surface area contributed by atoms with E-state index in [-0.39, 0.29) is 0 Å². The van der Waals surface area contributed by atoms with Gasteiger partial charge in [0, 0.05) is 24.4 Å². The summed E-state index contributed by atoms with van der Waals surface area (Å²) in [5, 5.41) is 3.09. The fraction of sp³-hybridized carbons (Fsp3) is 0.400. The monoisotopic (exact) mass is 278 g/mol. The van der Waals surface area contributed by atoms with E-state index in [1.807, 2.05) is 19.2 Å². The zero-order valence-corrected chi connectivity index (χ0v) is 12.3. The Hall–Kier alpha value is -1.42. The molecule has 0 bridgehead atoms. The van der Waals surface area contributed by atoms with Gasteiger partial charge in [0.1, 0.15) is 0 Å². The van der Waals surface area contributed by atoms with Gasteiger partial charge >= 0.3 is 0 Å². The smallest absolute Gasteiger partial charge is 0.0717 e. The first-order valence-corrected chi connectivity index (χ1v) is 8.26. The van der Waals surface area contributed by atoms with Crippen molar-refractivity contribution in [2.24, 2.45) is 11.8 Å². The lowest BCUT2D eigenvalue weighted by Crippen LogP contribution is -2.28. The molecule has 0 aliphatic heterocycles. The predicted molar refractivity (Wildman–Crippen MR) is 83.8 cm³/mol. The summed E-state index contributed by atoms with van der Waals surface area (Å²) in [6.07, 6.45) is 8.70. The molecule has 19 heavy (non-hydrogen) atoms. The molecular formula is C15H22N2OS. The number of rotatable bonds is 6. The molecule has 104 valence electrons. The van der Waals surface area contributed by atoms with Gasteiger partial charge in [0.05, 0.1) is 14.6 Å². The van der Waals surface area contributed by atoms with Crippen molar-refractivity contribution in [1.29, 1.82) is 0 Å². The Morgan fingerprint density at radius 3 is 2.89 bits per heavy atom. The summed E-state index contributed by atoms with van der Waals surface area (Å²) in [7, 11) is -0.661. The summed E-state index contributed by atoms with van der Waals surface area (Å²) in [6, 6.07) is 0. The molecule has 0 aromatic rings. The Labute approximate surface area is 116 Å². The van der Waals surface area contributed by atoms with E-state index < -0.39 is 9.71 Å². The Morgan fingerprint density at radius 1 is 1.58 bits per heavy atom. The summed E-state index contributed by atoms with van der Waals surface area (Å²) in [6.45, 7) is 7.79. The minimum atomic E-state index is -2.50.